The molecule has 0 unspecified atom stereocenters. The lowest BCUT2D eigenvalue weighted by Gasteiger charge is -2.22. The highest BCUT2D eigenvalue weighted by molar-refractivity contribution is 5.84. The second-order valence-electron chi connectivity index (χ2n) is 4.10. The van der Waals surface area contributed by atoms with Crippen molar-refractivity contribution in [1.82, 2.24) is 0 Å². The first-order valence-corrected chi connectivity index (χ1v) is 5.71. The summed E-state index contributed by atoms with van der Waals surface area (Å²) in [7, 11) is 7.21. The summed E-state index contributed by atoms with van der Waals surface area (Å²) in [5.74, 6) is 0.763. The van der Waals surface area contributed by atoms with Crippen molar-refractivity contribution in [1.29, 1.82) is 0 Å². The van der Waals surface area contributed by atoms with Crippen molar-refractivity contribution in [3.8, 4) is 5.75 Å². The molecule has 1 amide bonds. The predicted molar refractivity (Wildman–Crippen MR) is 72.6 cm³/mol. The molecular weight excluding hydrogens is 232 g/mol. The Kier molecular flexibility index (Phi) is 5.45. The van der Waals surface area contributed by atoms with Gasteiger partial charge in [-0.2, -0.15) is 0 Å². The highest BCUT2D eigenvalue weighted by Gasteiger charge is 2.10. The zero-order valence-corrected chi connectivity index (χ0v) is 11.3. The molecule has 1 aromatic carbocycles. The minimum atomic E-state index is 0.506. The molecule has 0 heterocycles. The van der Waals surface area contributed by atoms with E-state index in [0.29, 0.717) is 13.2 Å². The summed E-state index contributed by atoms with van der Waals surface area (Å²) >= 11 is 0. The Balaban J connectivity index is 2.92. The minimum absolute atomic E-state index is 0.506. The van der Waals surface area contributed by atoms with Crippen molar-refractivity contribution < 1.29 is 14.3 Å². The fraction of sp³-hybridized carbons (Fsp3) is 0.462. The van der Waals surface area contributed by atoms with Gasteiger partial charge in [0, 0.05) is 34.3 Å². The normalized spacial score (nSPS) is 10.0. The van der Waals surface area contributed by atoms with E-state index < -0.39 is 0 Å². The zero-order valence-electron chi connectivity index (χ0n) is 11.3. The van der Waals surface area contributed by atoms with Gasteiger partial charge in [0.1, 0.15) is 12.4 Å². The van der Waals surface area contributed by atoms with Gasteiger partial charge >= 0.3 is 0 Å². The van der Waals surface area contributed by atoms with Crippen molar-refractivity contribution in [2.75, 3.05) is 51.3 Å². The van der Waals surface area contributed by atoms with Crippen LogP contribution in [0.2, 0.25) is 0 Å². The molecule has 0 aliphatic carbocycles. The van der Waals surface area contributed by atoms with E-state index >= 15 is 0 Å². The molecule has 18 heavy (non-hydrogen) atoms. The fourth-order valence-electron chi connectivity index (χ4n) is 1.55. The van der Waals surface area contributed by atoms with Crippen molar-refractivity contribution in [3.63, 3.8) is 0 Å². The van der Waals surface area contributed by atoms with Crippen LogP contribution in [-0.4, -0.2) is 47.9 Å². The van der Waals surface area contributed by atoms with Crippen LogP contribution in [0.3, 0.4) is 0 Å². The number of nitrogens with zero attached hydrogens (tertiary/aromatic N) is 2. The lowest BCUT2D eigenvalue weighted by Crippen LogP contribution is -2.19. The monoisotopic (exact) mass is 252 g/mol. The van der Waals surface area contributed by atoms with Gasteiger partial charge in [-0.15, -0.1) is 0 Å². The van der Waals surface area contributed by atoms with Gasteiger partial charge < -0.3 is 19.3 Å². The van der Waals surface area contributed by atoms with Crippen LogP contribution in [0.5, 0.6) is 5.75 Å². The number of amides is 1. The number of methoxy groups -OCH3 is 1. The maximum absolute atomic E-state index is 10.8. The van der Waals surface area contributed by atoms with Gasteiger partial charge in [-0.05, 0) is 12.1 Å². The average Bonchev–Trinajstić information content (AvgIpc) is 2.38. The second-order valence-corrected chi connectivity index (χ2v) is 4.10. The highest BCUT2D eigenvalue weighted by Crippen LogP contribution is 2.31. The molecule has 1 aromatic rings. The Labute approximate surface area is 108 Å². The summed E-state index contributed by atoms with van der Waals surface area (Å²) in [5.41, 5.74) is 1.77. The zero-order chi connectivity index (χ0) is 13.5. The molecule has 0 atom stereocenters. The molecule has 0 saturated carbocycles. The molecule has 0 fully saturated rings. The van der Waals surface area contributed by atoms with Crippen molar-refractivity contribution >= 4 is 17.8 Å². The average molecular weight is 252 g/mol. The molecule has 0 radical (unpaired) electrons. The first-order chi connectivity index (χ1) is 8.60. The van der Waals surface area contributed by atoms with Crippen LogP contribution in [0.15, 0.2) is 18.2 Å². The lowest BCUT2D eigenvalue weighted by molar-refractivity contribution is -0.107. The van der Waals surface area contributed by atoms with Crippen molar-refractivity contribution in [2.45, 2.75) is 0 Å². The Hall–Kier alpha value is -1.75. The van der Waals surface area contributed by atoms with Crippen LogP contribution in [0.4, 0.5) is 11.4 Å². The maximum Gasteiger partial charge on any atom is 0.213 e. The third kappa shape index (κ3) is 3.63. The third-order valence-corrected chi connectivity index (χ3v) is 2.52. The second kappa shape index (κ2) is 6.86. The fourth-order valence-corrected chi connectivity index (χ4v) is 1.55. The van der Waals surface area contributed by atoms with Gasteiger partial charge in [0.25, 0.3) is 0 Å². The minimum Gasteiger partial charge on any atom is -0.491 e. The molecule has 0 saturated heterocycles. The summed E-state index contributed by atoms with van der Waals surface area (Å²) in [6.45, 7) is 1.06. The van der Waals surface area contributed by atoms with Crippen LogP contribution in [-0.2, 0) is 9.53 Å². The standard InChI is InChI=1S/C13H20N2O3/c1-14(2)13-9-11(18-8-7-17-4)5-6-12(13)15(3)10-16/h5-6,9-10H,7-8H2,1-4H3. The number of ether oxygens (including phenoxy) is 2. The molecule has 0 N–H and O–H groups in total. The van der Waals surface area contributed by atoms with Crippen LogP contribution >= 0.6 is 0 Å². The summed E-state index contributed by atoms with van der Waals surface area (Å²) in [6, 6.07) is 5.62. The van der Waals surface area contributed by atoms with Gasteiger partial charge in [0.2, 0.25) is 6.41 Å². The molecule has 0 bridgehead atoms. The number of carbonyl (C=O) groups is 1. The van der Waals surface area contributed by atoms with Crippen molar-refractivity contribution in [3.05, 3.63) is 18.2 Å². The number of hydrogen-bond donors (Lipinski definition) is 0. The number of benzene rings is 1. The van der Waals surface area contributed by atoms with Crippen LogP contribution < -0.4 is 14.5 Å². The molecular formula is C13H20N2O3. The van der Waals surface area contributed by atoms with Crippen LogP contribution in [0.1, 0.15) is 0 Å². The third-order valence-electron chi connectivity index (χ3n) is 2.52. The molecule has 5 heteroatoms. The molecule has 100 valence electrons. The Bertz CT molecular complexity index is 394. The first kappa shape index (κ1) is 14.3. The molecule has 0 spiro atoms. The topological polar surface area (TPSA) is 42.0 Å². The largest absolute Gasteiger partial charge is 0.491 e. The number of anilines is 2. The van der Waals surface area contributed by atoms with E-state index in [9.17, 15) is 4.79 Å². The van der Waals surface area contributed by atoms with E-state index in [-0.39, 0.29) is 0 Å². The highest BCUT2D eigenvalue weighted by atomic mass is 16.5. The lowest BCUT2D eigenvalue weighted by atomic mass is 10.2. The summed E-state index contributed by atoms with van der Waals surface area (Å²) in [6.07, 6.45) is 0.786. The Morgan fingerprint density at radius 3 is 2.44 bits per heavy atom. The van der Waals surface area contributed by atoms with Gasteiger partial charge in [-0.1, -0.05) is 0 Å². The summed E-state index contributed by atoms with van der Waals surface area (Å²) < 4.78 is 10.5. The van der Waals surface area contributed by atoms with E-state index in [1.165, 1.54) is 4.90 Å². The summed E-state index contributed by atoms with van der Waals surface area (Å²) in [5, 5.41) is 0. The maximum atomic E-state index is 10.8. The van der Waals surface area contributed by atoms with Crippen molar-refractivity contribution in [2.24, 2.45) is 0 Å². The van der Waals surface area contributed by atoms with Gasteiger partial charge in [-0.25, -0.2) is 0 Å². The summed E-state index contributed by atoms with van der Waals surface area (Å²) in [4.78, 5) is 14.3. The van der Waals surface area contributed by atoms with E-state index in [2.05, 4.69) is 0 Å². The van der Waals surface area contributed by atoms with Gasteiger partial charge in [0.05, 0.1) is 18.0 Å². The molecule has 0 aromatic heterocycles. The number of carbonyl (C=O) groups excluding carboxylic acids is 1. The van der Waals surface area contributed by atoms with E-state index in [4.69, 9.17) is 9.47 Å². The van der Waals surface area contributed by atoms with E-state index in [1.807, 2.05) is 37.2 Å². The Morgan fingerprint density at radius 2 is 1.89 bits per heavy atom. The number of hydrogen-bond acceptors (Lipinski definition) is 4. The van der Waals surface area contributed by atoms with Gasteiger partial charge in [0.15, 0.2) is 0 Å². The van der Waals surface area contributed by atoms with Crippen LogP contribution in [0.25, 0.3) is 0 Å². The molecule has 1 rings (SSSR count). The first-order valence-electron chi connectivity index (χ1n) is 5.71. The molecule has 0 aliphatic rings. The molecule has 0 aliphatic heterocycles. The predicted octanol–water partition coefficient (Wildman–Crippen LogP) is 1.37. The van der Waals surface area contributed by atoms with E-state index in [0.717, 1.165) is 23.5 Å². The number of rotatable bonds is 7. The van der Waals surface area contributed by atoms with E-state index in [1.54, 1.807) is 14.2 Å². The SMILES string of the molecule is COCCOc1ccc(N(C)C=O)c(N(C)C)c1. The Morgan fingerprint density at radius 1 is 1.17 bits per heavy atom. The van der Waals surface area contributed by atoms with Crippen LogP contribution in [0, 0.1) is 0 Å². The smallest absolute Gasteiger partial charge is 0.213 e. The van der Waals surface area contributed by atoms with Gasteiger partial charge in [-0.3, -0.25) is 4.79 Å². The molecule has 5 nitrogen and oxygen atoms in total. The quantitative estimate of drug-likeness (QED) is 0.543.